The Hall–Kier alpha value is -3.41. The van der Waals surface area contributed by atoms with E-state index < -0.39 is 0 Å². The minimum Gasteiger partial charge on any atom is -0.462 e. The van der Waals surface area contributed by atoms with E-state index in [0.717, 1.165) is 200 Å². The molecule has 0 saturated heterocycles. The highest BCUT2D eigenvalue weighted by atomic mass is 32.1. The van der Waals surface area contributed by atoms with Gasteiger partial charge in [-0.15, -0.1) is 0 Å². The van der Waals surface area contributed by atoms with Crippen LogP contribution in [0.15, 0.2) is 0 Å². The van der Waals surface area contributed by atoms with Crippen molar-refractivity contribution in [1.82, 2.24) is 35.6 Å². The number of ether oxygens (including phenoxy) is 3. The molecule has 120 heavy (non-hydrogen) atoms. The zero-order valence-corrected chi connectivity index (χ0v) is 82.0. The molecule has 0 aliphatic rings. The molecule has 0 heterocycles. The van der Waals surface area contributed by atoms with Gasteiger partial charge in [0.2, 0.25) is 11.8 Å². The summed E-state index contributed by atoms with van der Waals surface area (Å²) in [6.45, 7) is 25.2. The van der Waals surface area contributed by atoms with Crippen LogP contribution in [0.1, 0.15) is 505 Å². The molecule has 0 aromatic carbocycles. The summed E-state index contributed by atoms with van der Waals surface area (Å²) < 4.78 is 18.2. The van der Waals surface area contributed by atoms with Crippen molar-refractivity contribution in [2.24, 2.45) is 5.92 Å². The van der Waals surface area contributed by atoms with Gasteiger partial charge in [0.15, 0.2) is 5.11 Å². The number of carbonyl (C=O) groups excluding carboxylic acids is 6. The molecule has 0 spiro atoms. The van der Waals surface area contributed by atoms with Crippen molar-refractivity contribution in [2.45, 2.75) is 523 Å². The summed E-state index contributed by atoms with van der Waals surface area (Å²) in [6, 6.07) is 0. The van der Waals surface area contributed by atoms with Gasteiger partial charge in [0, 0.05) is 85.5 Å². The fourth-order valence-corrected chi connectivity index (χ4v) is 17.0. The van der Waals surface area contributed by atoms with E-state index in [2.05, 4.69) is 81.1 Å². The fraction of sp³-hybridized carbons (Fsp3) is 0.932. The number of ketones is 1. The van der Waals surface area contributed by atoms with Crippen LogP contribution in [0.4, 0.5) is 0 Å². The number of esters is 3. The van der Waals surface area contributed by atoms with Gasteiger partial charge in [-0.25, -0.2) is 0 Å². The molecule has 0 fully saturated rings. The average molecular weight is 1710 g/mol. The zero-order valence-electron chi connectivity index (χ0n) is 81.2. The van der Waals surface area contributed by atoms with Crippen LogP contribution in [0.5, 0.6) is 0 Å². The first-order valence-corrected chi connectivity index (χ1v) is 52.7. The summed E-state index contributed by atoms with van der Waals surface area (Å²) in [7, 11) is 3.83. The summed E-state index contributed by atoms with van der Waals surface area (Å²) in [4.78, 5) is 89.8. The number of hydrogen-bond acceptors (Lipinski definition) is 13. The number of carbonyl (C=O) groups is 6. The molecule has 3 N–H and O–H groups in total. The fourth-order valence-electron chi connectivity index (χ4n) is 16.9. The van der Waals surface area contributed by atoms with Crippen LogP contribution in [0.3, 0.4) is 0 Å². The monoisotopic (exact) mass is 1710 g/mol. The third-order valence-electron chi connectivity index (χ3n) is 24.8. The maximum atomic E-state index is 14.0. The lowest BCUT2D eigenvalue weighted by molar-refractivity contribution is -0.150. The van der Waals surface area contributed by atoms with Gasteiger partial charge in [0.05, 0.1) is 13.1 Å². The maximum Gasteiger partial charge on any atom is 0.306 e. The number of nitrogens with zero attached hydrogens (tertiary/aromatic N) is 4. The van der Waals surface area contributed by atoms with Gasteiger partial charge in [0.25, 0.3) is 0 Å². The van der Waals surface area contributed by atoms with Crippen LogP contribution in [0.25, 0.3) is 0 Å². The van der Waals surface area contributed by atoms with E-state index in [0.29, 0.717) is 88.2 Å². The molecule has 708 valence electrons. The van der Waals surface area contributed by atoms with Crippen LogP contribution in [-0.2, 0) is 43.0 Å². The highest BCUT2D eigenvalue weighted by Gasteiger charge is 2.21. The molecule has 17 heteroatoms. The minimum absolute atomic E-state index is 0.0000892. The van der Waals surface area contributed by atoms with Gasteiger partial charge in [-0.2, -0.15) is 0 Å². The van der Waals surface area contributed by atoms with Crippen molar-refractivity contribution in [3.63, 3.8) is 0 Å². The first-order valence-electron chi connectivity index (χ1n) is 52.3. The van der Waals surface area contributed by atoms with Crippen molar-refractivity contribution in [3.05, 3.63) is 0 Å². The zero-order chi connectivity index (χ0) is 87.9. The van der Waals surface area contributed by atoms with E-state index in [1.807, 2.05) is 23.9 Å². The number of amides is 2. The Kier molecular flexibility index (Phi) is 87.8. The summed E-state index contributed by atoms with van der Waals surface area (Å²) in [5.74, 6) is 0.615. The highest BCUT2D eigenvalue weighted by Crippen LogP contribution is 2.26. The van der Waals surface area contributed by atoms with Crippen molar-refractivity contribution in [1.29, 1.82) is 0 Å². The molecule has 2 atom stereocenters. The minimum atomic E-state index is -0.109. The van der Waals surface area contributed by atoms with Crippen molar-refractivity contribution < 1.29 is 43.0 Å². The van der Waals surface area contributed by atoms with Gasteiger partial charge in [0.1, 0.15) is 24.1 Å². The van der Waals surface area contributed by atoms with E-state index in [1.165, 1.54) is 244 Å². The predicted molar refractivity (Wildman–Crippen MR) is 516 cm³/mol. The van der Waals surface area contributed by atoms with E-state index in [9.17, 15) is 28.8 Å². The first-order chi connectivity index (χ1) is 58.6. The molecule has 0 saturated carbocycles. The summed E-state index contributed by atoms with van der Waals surface area (Å²) in [6.07, 6.45) is 78.1. The number of rotatable bonds is 95. The molecule has 0 aliphatic carbocycles. The molecular formula is C103H201N7O9S. The highest BCUT2D eigenvalue weighted by molar-refractivity contribution is 7.80. The topological polar surface area (TPSA) is 179 Å². The van der Waals surface area contributed by atoms with Crippen molar-refractivity contribution in [2.75, 3.05) is 92.6 Å². The van der Waals surface area contributed by atoms with Crippen LogP contribution in [-0.4, -0.2) is 171 Å². The molecular weight excluding hydrogens is 1510 g/mol. The third kappa shape index (κ3) is 80.4. The van der Waals surface area contributed by atoms with Gasteiger partial charge >= 0.3 is 17.9 Å². The lowest BCUT2D eigenvalue weighted by Crippen LogP contribution is -2.46. The standard InChI is InChI=1S/C103H201N7O9S/c1-11-19-25-31-37-39-48-58-73-95(17-7)117-100(114)78-63-53-67-85-108(83-65-51-41-45-57-72-94(111)90-93(70-55-43-33-27-21-13-3)71-56-44-34-28-22-14-4)88-81-104-98(112)91-110(87-69-80-106-103(120)107(9)10)92-99(113)105-82-89-109(86-68-54-64-79-101(115)118-96(18-8)74-59-49-40-38-32-26-20-12-2)84-66-52-42-50-62-77-102(116)119-97(75-60-46-35-29-23-15-5)76-61-47-36-30-24-16-6/h93,95-97H,11-92H2,1-10H3,(H,104,112)(H,105,113)(H,106,120). The van der Waals surface area contributed by atoms with Crippen LogP contribution < -0.4 is 16.0 Å². The van der Waals surface area contributed by atoms with E-state index in [4.69, 9.17) is 26.4 Å². The Balaban J connectivity index is 6.09. The summed E-state index contributed by atoms with van der Waals surface area (Å²) in [5, 5.41) is 10.4. The lowest BCUT2D eigenvalue weighted by atomic mass is 9.89. The second kappa shape index (κ2) is 90.4. The lowest BCUT2D eigenvalue weighted by Gasteiger charge is -2.25. The predicted octanol–water partition coefficient (Wildman–Crippen LogP) is 26.9. The van der Waals surface area contributed by atoms with Crippen LogP contribution >= 0.6 is 12.2 Å². The largest absolute Gasteiger partial charge is 0.462 e. The first kappa shape index (κ1) is 117. The Morgan fingerprint density at radius 2 is 0.525 bits per heavy atom. The third-order valence-corrected chi connectivity index (χ3v) is 25.3. The van der Waals surface area contributed by atoms with Gasteiger partial charge in [-0.3, -0.25) is 33.7 Å². The van der Waals surface area contributed by atoms with Gasteiger partial charge < -0.3 is 44.9 Å². The van der Waals surface area contributed by atoms with Crippen molar-refractivity contribution >= 4 is 52.8 Å². The quantitative estimate of drug-likeness (QED) is 0.0226. The maximum absolute atomic E-state index is 14.0. The summed E-state index contributed by atoms with van der Waals surface area (Å²) >= 11 is 5.55. The normalized spacial score (nSPS) is 12.2. The molecule has 2 amide bonds. The number of Topliss-reactive ketones (excluding diaryl/α,β-unsaturated/α-hetero) is 1. The Labute approximate surface area is 748 Å². The summed E-state index contributed by atoms with van der Waals surface area (Å²) in [5.41, 5.74) is 0. The van der Waals surface area contributed by atoms with E-state index in [-0.39, 0.29) is 61.1 Å². The number of thiocarbonyl (C=S) groups is 1. The number of unbranched alkanes of at least 4 members (excludes halogenated alkanes) is 46. The molecule has 0 radical (unpaired) electrons. The van der Waals surface area contributed by atoms with Crippen LogP contribution in [0, 0.1) is 5.92 Å². The van der Waals surface area contributed by atoms with E-state index >= 15 is 0 Å². The van der Waals surface area contributed by atoms with Crippen LogP contribution in [0.2, 0.25) is 0 Å². The molecule has 2 unspecified atom stereocenters. The number of hydrogen-bond donors (Lipinski definition) is 3. The van der Waals surface area contributed by atoms with E-state index in [1.54, 1.807) is 0 Å². The smallest absolute Gasteiger partial charge is 0.306 e. The molecule has 0 rings (SSSR count). The Morgan fingerprint density at radius 1 is 0.267 bits per heavy atom. The second-order valence-electron chi connectivity index (χ2n) is 36.7. The molecule has 0 aromatic rings. The number of nitrogens with one attached hydrogen (secondary N) is 3. The SMILES string of the molecule is CCCCCCCCCCC(CC)OC(=O)CCCCCN(CCCCCCCC(=O)CC(CCCCCCCC)CCCCCCCC)CCNC(=O)CN(CCCNC(=S)N(C)C)CC(=O)NCCN(CCCCCCCC(=O)OC(CCCCCCCC)CCCCCCCC)CCCCCC(=O)OC(CC)CCCCCCCCCC. The molecule has 0 bridgehead atoms. The Morgan fingerprint density at radius 3 is 0.842 bits per heavy atom. The van der Waals surface area contributed by atoms with Crippen molar-refractivity contribution in [3.8, 4) is 0 Å². The second-order valence-corrected chi connectivity index (χ2v) is 37.1. The van der Waals surface area contributed by atoms with Gasteiger partial charge in [-0.1, -0.05) is 351 Å². The van der Waals surface area contributed by atoms with Gasteiger partial charge in [-0.05, 0) is 166 Å². The molecule has 0 aliphatic heterocycles. The molecule has 16 nitrogen and oxygen atoms in total. The Bertz CT molecular complexity index is 2130. The molecule has 0 aromatic heterocycles. The average Bonchev–Trinajstić information content (AvgIpc) is 0.934.